The Morgan fingerprint density at radius 3 is 2.76 bits per heavy atom. The van der Waals surface area contributed by atoms with E-state index in [1.54, 1.807) is 7.05 Å². The van der Waals surface area contributed by atoms with Gasteiger partial charge in [0.25, 0.3) is 0 Å². The van der Waals surface area contributed by atoms with Crippen LogP contribution in [-0.4, -0.2) is 63.3 Å². The fraction of sp³-hybridized carbons (Fsp3) is 0.611. The van der Waals surface area contributed by atoms with Gasteiger partial charge in [-0.15, -0.1) is 0 Å². The van der Waals surface area contributed by atoms with Crippen LogP contribution >= 0.6 is 0 Å². The van der Waals surface area contributed by atoms with Gasteiger partial charge >= 0.3 is 0 Å². The van der Waals surface area contributed by atoms with Crippen LogP contribution in [0.3, 0.4) is 0 Å². The number of nitrogens with zero attached hydrogens (tertiary/aromatic N) is 3. The summed E-state index contributed by atoms with van der Waals surface area (Å²) < 4.78 is 32.9. The van der Waals surface area contributed by atoms with Crippen LogP contribution in [0.1, 0.15) is 19.3 Å². The lowest BCUT2D eigenvalue weighted by atomic mass is 10.2. The second-order valence-corrected chi connectivity index (χ2v) is 6.47. The summed E-state index contributed by atoms with van der Waals surface area (Å²) in [6.45, 7) is 4.40. The highest BCUT2D eigenvalue weighted by Crippen LogP contribution is 2.22. The number of halogens is 2. The lowest BCUT2D eigenvalue weighted by Crippen LogP contribution is -2.53. The van der Waals surface area contributed by atoms with Gasteiger partial charge in [0.15, 0.2) is 5.96 Å². The van der Waals surface area contributed by atoms with Crippen LogP contribution in [0.5, 0.6) is 0 Å². The van der Waals surface area contributed by atoms with E-state index in [2.05, 4.69) is 15.2 Å². The maximum absolute atomic E-state index is 13.9. The summed E-state index contributed by atoms with van der Waals surface area (Å²) in [7, 11) is 1.77. The Kier molecular flexibility index (Phi) is 6.07. The maximum atomic E-state index is 13.9. The van der Waals surface area contributed by atoms with Crippen molar-refractivity contribution in [1.82, 2.24) is 10.2 Å². The molecule has 0 amide bonds. The molecule has 3 rings (SSSR count). The number of nitrogens with one attached hydrogen (secondary N) is 1. The average Bonchev–Trinajstić information content (AvgIpc) is 3.15. The SMILES string of the molecule is CN=C(NCCC1CCCO1)N1CCN(c2cc(F)ccc2F)CC1. The zero-order chi connectivity index (χ0) is 17.6. The van der Waals surface area contributed by atoms with Crippen molar-refractivity contribution in [2.45, 2.75) is 25.4 Å². The van der Waals surface area contributed by atoms with E-state index in [0.717, 1.165) is 57.5 Å². The highest BCUT2D eigenvalue weighted by molar-refractivity contribution is 5.80. The van der Waals surface area contributed by atoms with Crippen molar-refractivity contribution in [3.63, 3.8) is 0 Å². The smallest absolute Gasteiger partial charge is 0.193 e. The molecule has 2 fully saturated rings. The van der Waals surface area contributed by atoms with Crippen molar-refractivity contribution < 1.29 is 13.5 Å². The number of ether oxygens (including phenoxy) is 1. The van der Waals surface area contributed by atoms with E-state index in [9.17, 15) is 8.78 Å². The summed E-state index contributed by atoms with van der Waals surface area (Å²) in [5.74, 6) is 0.0664. The first kappa shape index (κ1) is 17.9. The first-order chi connectivity index (χ1) is 12.2. The van der Waals surface area contributed by atoms with Gasteiger partial charge in [0.2, 0.25) is 0 Å². The summed E-state index contributed by atoms with van der Waals surface area (Å²) in [6, 6.07) is 3.59. The highest BCUT2D eigenvalue weighted by Gasteiger charge is 2.22. The van der Waals surface area contributed by atoms with Gasteiger partial charge in [0.1, 0.15) is 11.6 Å². The zero-order valence-corrected chi connectivity index (χ0v) is 14.7. The quantitative estimate of drug-likeness (QED) is 0.666. The van der Waals surface area contributed by atoms with Gasteiger partial charge < -0.3 is 19.9 Å². The molecule has 0 saturated carbocycles. The minimum Gasteiger partial charge on any atom is -0.378 e. The lowest BCUT2D eigenvalue weighted by Gasteiger charge is -2.37. The third-order valence-electron chi connectivity index (χ3n) is 4.81. The van der Waals surface area contributed by atoms with Crippen molar-refractivity contribution in [1.29, 1.82) is 0 Å². The number of piperazine rings is 1. The topological polar surface area (TPSA) is 40.1 Å². The first-order valence-electron chi connectivity index (χ1n) is 8.94. The minimum atomic E-state index is -0.412. The molecule has 0 spiro atoms. The second-order valence-electron chi connectivity index (χ2n) is 6.47. The number of aliphatic imine (C=N–C) groups is 1. The van der Waals surface area contributed by atoms with Crippen molar-refractivity contribution in [2.75, 3.05) is 51.3 Å². The molecule has 5 nitrogen and oxygen atoms in total. The summed E-state index contributed by atoms with van der Waals surface area (Å²) in [6.07, 6.45) is 3.63. The molecule has 2 saturated heterocycles. The lowest BCUT2D eigenvalue weighted by molar-refractivity contribution is 0.105. The van der Waals surface area contributed by atoms with Crippen LogP contribution in [0.4, 0.5) is 14.5 Å². The minimum absolute atomic E-state index is 0.334. The molecule has 2 aliphatic heterocycles. The third kappa shape index (κ3) is 4.60. The molecule has 2 aliphatic rings. The molecule has 0 aliphatic carbocycles. The molecule has 138 valence electrons. The standard InChI is InChI=1S/C18H26F2N4O/c1-21-18(22-7-6-15-3-2-12-25-15)24-10-8-23(9-11-24)17-13-14(19)4-5-16(17)20/h4-5,13,15H,2-3,6-12H2,1H3,(H,21,22). The van der Waals surface area contributed by atoms with E-state index in [0.29, 0.717) is 24.9 Å². The number of benzene rings is 1. The van der Waals surface area contributed by atoms with Crippen molar-refractivity contribution in [2.24, 2.45) is 4.99 Å². The molecule has 0 aromatic heterocycles. The van der Waals surface area contributed by atoms with Crippen molar-refractivity contribution in [3.05, 3.63) is 29.8 Å². The van der Waals surface area contributed by atoms with Crippen LogP contribution in [0, 0.1) is 11.6 Å². The fourth-order valence-electron chi connectivity index (χ4n) is 3.44. The largest absolute Gasteiger partial charge is 0.378 e. The predicted molar refractivity (Wildman–Crippen MR) is 95.1 cm³/mol. The number of anilines is 1. The Bertz CT molecular complexity index is 597. The average molecular weight is 352 g/mol. The van der Waals surface area contributed by atoms with Crippen LogP contribution in [0.15, 0.2) is 23.2 Å². The first-order valence-corrected chi connectivity index (χ1v) is 8.94. The molecular weight excluding hydrogens is 326 g/mol. The van der Waals surface area contributed by atoms with Crippen molar-refractivity contribution >= 4 is 11.6 Å². The number of rotatable bonds is 4. The molecular formula is C18H26F2N4O. The molecule has 1 atom stereocenters. The summed E-state index contributed by atoms with van der Waals surface area (Å²) in [5, 5.41) is 3.38. The van der Waals surface area contributed by atoms with Gasteiger partial charge in [-0.3, -0.25) is 4.99 Å². The Morgan fingerprint density at radius 2 is 2.08 bits per heavy atom. The Hall–Kier alpha value is -1.89. The molecule has 1 N–H and O–H groups in total. The maximum Gasteiger partial charge on any atom is 0.193 e. The van der Waals surface area contributed by atoms with E-state index in [4.69, 9.17) is 4.74 Å². The highest BCUT2D eigenvalue weighted by atomic mass is 19.1. The fourth-order valence-corrected chi connectivity index (χ4v) is 3.44. The Morgan fingerprint density at radius 1 is 1.28 bits per heavy atom. The van der Waals surface area contributed by atoms with E-state index in [-0.39, 0.29) is 5.82 Å². The molecule has 2 heterocycles. The van der Waals surface area contributed by atoms with Crippen LogP contribution < -0.4 is 10.2 Å². The molecule has 7 heteroatoms. The number of hydrogen-bond acceptors (Lipinski definition) is 3. The van der Waals surface area contributed by atoms with E-state index < -0.39 is 5.82 Å². The third-order valence-corrected chi connectivity index (χ3v) is 4.81. The van der Waals surface area contributed by atoms with Crippen LogP contribution in [0.25, 0.3) is 0 Å². The Balaban J connectivity index is 1.49. The van der Waals surface area contributed by atoms with Crippen LogP contribution in [-0.2, 0) is 4.74 Å². The summed E-state index contributed by atoms with van der Waals surface area (Å²) >= 11 is 0. The van der Waals surface area contributed by atoms with Crippen molar-refractivity contribution in [3.8, 4) is 0 Å². The number of hydrogen-bond donors (Lipinski definition) is 1. The second kappa shape index (κ2) is 8.47. The van der Waals surface area contributed by atoms with Gasteiger partial charge in [0.05, 0.1) is 11.8 Å². The molecule has 1 aromatic carbocycles. The molecule has 0 radical (unpaired) electrons. The molecule has 25 heavy (non-hydrogen) atoms. The predicted octanol–water partition coefficient (Wildman–Crippen LogP) is 2.23. The van der Waals surface area contributed by atoms with E-state index in [1.165, 1.54) is 12.1 Å². The van der Waals surface area contributed by atoms with Gasteiger partial charge in [-0.1, -0.05) is 0 Å². The van der Waals surface area contributed by atoms with Crippen LogP contribution in [0.2, 0.25) is 0 Å². The zero-order valence-electron chi connectivity index (χ0n) is 14.7. The summed E-state index contributed by atoms with van der Waals surface area (Å²) in [5.41, 5.74) is 0.334. The normalized spacial score (nSPS) is 21.7. The van der Waals surface area contributed by atoms with E-state index >= 15 is 0 Å². The van der Waals surface area contributed by atoms with Gasteiger partial charge in [-0.2, -0.15) is 0 Å². The number of guanidine groups is 1. The molecule has 1 aromatic rings. The summed E-state index contributed by atoms with van der Waals surface area (Å²) in [4.78, 5) is 8.38. The Labute approximate surface area is 147 Å². The van der Waals surface area contributed by atoms with Gasteiger partial charge in [0, 0.05) is 52.4 Å². The molecule has 1 unspecified atom stereocenters. The van der Waals surface area contributed by atoms with E-state index in [1.807, 2.05) is 4.90 Å². The monoisotopic (exact) mass is 352 g/mol. The molecule has 0 bridgehead atoms. The van der Waals surface area contributed by atoms with Gasteiger partial charge in [-0.25, -0.2) is 8.78 Å². The van der Waals surface area contributed by atoms with Gasteiger partial charge in [-0.05, 0) is 31.4 Å².